The molecule has 0 aliphatic carbocycles. The molecule has 1 aromatic carbocycles. The largest absolute Gasteiger partial charge is 0.369 e. The number of H-pyrrole nitrogens is 1. The second-order valence-corrected chi connectivity index (χ2v) is 6.98. The molecule has 1 fully saturated rings. The van der Waals surface area contributed by atoms with Crippen LogP contribution in [-0.2, 0) is 0 Å². The van der Waals surface area contributed by atoms with Crippen LogP contribution in [0, 0.1) is 0 Å². The third-order valence-electron chi connectivity index (χ3n) is 4.93. The maximum atomic E-state index is 12.5. The average molecular weight is 365 g/mol. The molecule has 0 saturated carbocycles. The highest BCUT2D eigenvalue weighted by Crippen LogP contribution is 2.22. The first-order valence-electron chi connectivity index (χ1n) is 9.18. The number of nitrogens with zero attached hydrogens (tertiary/aromatic N) is 5. The minimum absolute atomic E-state index is 0.262. The number of piperazine rings is 1. The van der Waals surface area contributed by atoms with Gasteiger partial charge in [-0.05, 0) is 44.2 Å². The zero-order chi connectivity index (χ0) is 18.8. The molecule has 3 heterocycles. The van der Waals surface area contributed by atoms with E-state index in [0.29, 0.717) is 22.9 Å². The number of amides is 1. The Balaban J connectivity index is 1.45. The average Bonchev–Trinajstić information content (AvgIpc) is 3.16. The molecule has 0 radical (unpaired) electrons. The third kappa shape index (κ3) is 3.75. The Kier molecular flexibility index (Phi) is 4.72. The van der Waals surface area contributed by atoms with E-state index in [4.69, 9.17) is 0 Å². The van der Waals surface area contributed by atoms with Crippen molar-refractivity contribution in [1.29, 1.82) is 0 Å². The van der Waals surface area contributed by atoms with Crippen molar-refractivity contribution in [2.45, 2.75) is 19.9 Å². The van der Waals surface area contributed by atoms with Gasteiger partial charge in [0.15, 0.2) is 0 Å². The minimum Gasteiger partial charge on any atom is -0.369 e. The molecular weight excluding hydrogens is 342 g/mol. The van der Waals surface area contributed by atoms with Crippen LogP contribution < -0.4 is 10.2 Å². The lowest BCUT2D eigenvalue weighted by molar-refractivity contribution is 0.102. The zero-order valence-corrected chi connectivity index (χ0v) is 15.5. The fourth-order valence-corrected chi connectivity index (χ4v) is 3.34. The predicted molar refractivity (Wildman–Crippen MR) is 105 cm³/mol. The van der Waals surface area contributed by atoms with Crippen molar-refractivity contribution in [3.8, 4) is 0 Å². The number of carbonyl (C=O) groups excluding carboxylic acids is 1. The number of hydrogen-bond acceptors (Lipinski definition) is 6. The molecule has 27 heavy (non-hydrogen) atoms. The number of pyridine rings is 1. The number of aromatic amines is 1. The van der Waals surface area contributed by atoms with Crippen LogP contribution in [0.1, 0.15) is 24.3 Å². The Morgan fingerprint density at radius 1 is 1.11 bits per heavy atom. The fourth-order valence-electron chi connectivity index (χ4n) is 3.34. The molecule has 0 bridgehead atoms. The molecule has 0 unspecified atom stereocenters. The second-order valence-electron chi connectivity index (χ2n) is 6.98. The van der Waals surface area contributed by atoms with Crippen molar-refractivity contribution in [1.82, 2.24) is 25.3 Å². The van der Waals surface area contributed by atoms with Gasteiger partial charge >= 0.3 is 0 Å². The molecule has 8 heteroatoms. The van der Waals surface area contributed by atoms with E-state index in [9.17, 15) is 4.79 Å². The van der Waals surface area contributed by atoms with Gasteiger partial charge in [0.1, 0.15) is 11.2 Å². The van der Waals surface area contributed by atoms with Gasteiger partial charge in [0.25, 0.3) is 5.91 Å². The number of carbonyl (C=O) groups is 1. The lowest BCUT2D eigenvalue weighted by atomic mass is 10.2. The van der Waals surface area contributed by atoms with E-state index >= 15 is 0 Å². The van der Waals surface area contributed by atoms with E-state index in [1.165, 1.54) is 0 Å². The monoisotopic (exact) mass is 365 g/mol. The Bertz CT molecular complexity index is 944. The molecule has 1 aliphatic heterocycles. The van der Waals surface area contributed by atoms with Crippen LogP contribution in [0.3, 0.4) is 0 Å². The summed E-state index contributed by atoms with van der Waals surface area (Å²) in [6.45, 7) is 8.54. The van der Waals surface area contributed by atoms with Gasteiger partial charge in [-0.2, -0.15) is 10.3 Å². The van der Waals surface area contributed by atoms with Crippen molar-refractivity contribution in [2.24, 2.45) is 0 Å². The Labute approximate surface area is 157 Å². The Morgan fingerprint density at radius 2 is 1.93 bits per heavy atom. The number of hydrogen-bond donors (Lipinski definition) is 2. The first-order chi connectivity index (χ1) is 13.1. The quantitative estimate of drug-likeness (QED) is 0.736. The summed E-state index contributed by atoms with van der Waals surface area (Å²) in [6, 6.07) is 11.9. The summed E-state index contributed by atoms with van der Waals surface area (Å²) in [5.74, 6) is -0.262. The lowest BCUT2D eigenvalue weighted by Crippen LogP contribution is -2.48. The van der Waals surface area contributed by atoms with E-state index < -0.39 is 0 Å². The van der Waals surface area contributed by atoms with E-state index in [-0.39, 0.29) is 5.91 Å². The first-order valence-corrected chi connectivity index (χ1v) is 9.18. The summed E-state index contributed by atoms with van der Waals surface area (Å²) in [5.41, 5.74) is 3.25. The molecule has 0 spiro atoms. The van der Waals surface area contributed by atoms with Crippen LogP contribution in [0.2, 0.25) is 0 Å². The van der Waals surface area contributed by atoms with Crippen LogP contribution in [0.5, 0.6) is 0 Å². The first kappa shape index (κ1) is 17.4. The number of benzene rings is 1. The van der Waals surface area contributed by atoms with Crippen molar-refractivity contribution < 1.29 is 4.79 Å². The van der Waals surface area contributed by atoms with Crippen LogP contribution >= 0.6 is 0 Å². The third-order valence-corrected chi connectivity index (χ3v) is 4.93. The van der Waals surface area contributed by atoms with Crippen LogP contribution in [0.15, 0.2) is 36.4 Å². The van der Waals surface area contributed by atoms with E-state index in [1.807, 2.05) is 18.2 Å². The minimum atomic E-state index is -0.262. The van der Waals surface area contributed by atoms with Crippen molar-refractivity contribution in [3.05, 3.63) is 42.1 Å². The van der Waals surface area contributed by atoms with Gasteiger partial charge in [0.2, 0.25) is 5.65 Å². The molecule has 1 aliphatic rings. The second kappa shape index (κ2) is 7.32. The molecule has 2 N–H and O–H groups in total. The fraction of sp³-hybridized carbons (Fsp3) is 0.368. The van der Waals surface area contributed by atoms with Gasteiger partial charge in [0, 0.05) is 43.6 Å². The number of rotatable bonds is 4. The van der Waals surface area contributed by atoms with Crippen molar-refractivity contribution >= 4 is 28.4 Å². The van der Waals surface area contributed by atoms with Crippen LogP contribution in [0.25, 0.3) is 11.2 Å². The molecule has 8 nitrogen and oxygen atoms in total. The summed E-state index contributed by atoms with van der Waals surface area (Å²) in [6.07, 6.45) is 0. The highest BCUT2D eigenvalue weighted by molar-refractivity contribution is 6.03. The summed E-state index contributed by atoms with van der Waals surface area (Å²) >= 11 is 0. The van der Waals surface area contributed by atoms with Gasteiger partial charge in [-0.1, -0.05) is 6.07 Å². The van der Waals surface area contributed by atoms with Crippen LogP contribution in [0.4, 0.5) is 11.4 Å². The van der Waals surface area contributed by atoms with Gasteiger partial charge in [-0.25, -0.2) is 4.98 Å². The highest BCUT2D eigenvalue weighted by atomic mass is 16.1. The molecule has 0 atom stereocenters. The summed E-state index contributed by atoms with van der Waals surface area (Å²) < 4.78 is 0. The summed E-state index contributed by atoms with van der Waals surface area (Å²) in [4.78, 5) is 21.6. The van der Waals surface area contributed by atoms with E-state index in [1.54, 1.807) is 12.1 Å². The number of fused-ring (bicyclic) bond motifs is 1. The highest BCUT2D eigenvalue weighted by Gasteiger charge is 2.19. The number of anilines is 2. The SMILES string of the molecule is CC(C)N1CCN(c2cccc(NC(=O)c3ccc4n[nH]nc4n3)c2)CC1. The predicted octanol–water partition coefficient (Wildman–Crippen LogP) is 2.14. The summed E-state index contributed by atoms with van der Waals surface area (Å²) in [7, 11) is 0. The van der Waals surface area contributed by atoms with Gasteiger partial charge in [-0.15, -0.1) is 5.10 Å². The molecular formula is C19H23N7O. The maximum absolute atomic E-state index is 12.5. The van der Waals surface area contributed by atoms with Gasteiger partial charge in [-0.3, -0.25) is 9.69 Å². The molecule has 4 rings (SSSR count). The van der Waals surface area contributed by atoms with Crippen molar-refractivity contribution in [3.63, 3.8) is 0 Å². The molecule has 1 amide bonds. The molecule has 140 valence electrons. The number of nitrogens with one attached hydrogen (secondary N) is 2. The smallest absolute Gasteiger partial charge is 0.274 e. The lowest BCUT2D eigenvalue weighted by Gasteiger charge is -2.38. The van der Waals surface area contributed by atoms with E-state index in [0.717, 1.165) is 37.6 Å². The van der Waals surface area contributed by atoms with Crippen molar-refractivity contribution in [2.75, 3.05) is 36.4 Å². The Morgan fingerprint density at radius 3 is 2.70 bits per heavy atom. The summed E-state index contributed by atoms with van der Waals surface area (Å²) in [5, 5.41) is 13.3. The molecule has 3 aromatic rings. The van der Waals surface area contributed by atoms with Gasteiger partial charge in [0.05, 0.1) is 0 Å². The standard InChI is InChI=1S/C19H23N7O/c1-13(2)25-8-10-26(11-9-25)15-5-3-4-14(12-15)20-19(27)17-7-6-16-18(21-17)23-24-22-16/h3-7,12-13H,8-11H2,1-2H3,(H,20,27)(H,21,22,23,24). The van der Waals surface area contributed by atoms with Crippen LogP contribution in [-0.4, -0.2) is 63.4 Å². The molecule has 1 saturated heterocycles. The van der Waals surface area contributed by atoms with E-state index in [2.05, 4.69) is 55.4 Å². The maximum Gasteiger partial charge on any atom is 0.274 e. The number of aromatic nitrogens is 4. The normalized spacial score (nSPS) is 15.4. The molecule has 2 aromatic heterocycles. The zero-order valence-electron chi connectivity index (χ0n) is 15.5. The Hall–Kier alpha value is -3.00. The van der Waals surface area contributed by atoms with Gasteiger partial charge < -0.3 is 10.2 Å². The topological polar surface area (TPSA) is 90.0 Å².